The zero-order chi connectivity index (χ0) is 13.7. The van der Waals surface area contributed by atoms with Gasteiger partial charge in [-0.05, 0) is 49.9 Å². The summed E-state index contributed by atoms with van der Waals surface area (Å²) in [6.45, 7) is 7.61. The number of piperidine rings is 1. The van der Waals surface area contributed by atoms with Crippen LogP contribution in [0, 0.1) is 12.8 Å². The van der Waals surface area contributed by atoms with Crippen molar-refractivity contribution in [2.45, 2.75) is 32.8 Å². The molecule has 2 rings (SSSR count). The van der Waals surface area contributed by atoms with E-state index >= 15 is 0 Å². The van der Waals surface area contributed by atoms with Gasteiger partial charge >= 0.3 is 0 Å². The van der Waals surface area contributed by atoms with Crippen LogP contribution in [-0.2, 0) is 0 Å². The molecular formula is C16H25NO2. The van der Waals surface area contributed by atoms with E-state index in [9.17, 15) is 5.11 Å². The molecule has 106 valence electrons. The number of hydrogen-bond donors (Lipinski definition) is 1. The first kappa shape index (κ1) is 14.4. The van der Waals surface area contributed by atoms with Crippen molar-refractivity contribution in [3.05, 3.63) is 29.8 Å². The Morgan fingerprint density at radius 1 is 1.47 bits per heavy atom. The number of aliphatic hydroxyl groups excluding tert-OH is 1. The minimum absolute atomic E-state index is 0.369. The van der Waals surface area contributed by atoms with Gasteiger partial charge in [0.1, 0.15) is 18.5 Å². The van der Waals surface area contributed by atoms with Gasteiger partial charge in [-0.2, -0.15) is 0 Å². The Morgan fingerprint density at radius 2 is 2.32 bits per heavy atom. The summed E-state index contributed by atoms with van der Waals surface area (Å²) >= 11 is 0. The van der Waals surface area contributed by atoms with Crippen LogP contribution >= 0.6 is 0 Å². The molecule has 3 heteroatoms. The molecule has 0 spiro atoms. The topological polar surface area (TPSA) is 32.7 Å². The summed E-state index contributed by atoms with van der Waals surface area (Å²) in [5.74, 6) is 1.59. The SMILES string of the molecule is Cc1cccc(OCC(O)CN2CCCC(C)C2)c1. The lowest BCUT2D eigenvalue weighted by atomic mass is 10.0. The van der Waals surface area contributed by atoms with Crippen LogP contribution in [0.2, 0.25) is 0 Å². The average molecular weight is 263 g/mol. The minimum atomic E-state index is -0.411. The van der Waals surface area contributed by atoms with Crippen LogP contribution in [0.3, 0.4) is 0 Å². The molecular weight excluding hydrogens is 238 g/mol. The number of aliphatic hydroxyl groups is 1. The molecule has 1 aliphatic rings. The van der Waals surface area contributed by atoms with Crippen molar-refractivity contribution in [3.8, 4) is 5.75 Å². The van der Waals surface area contributed by atoms with Gasteiger partial charge < -0.3 is 14.7 Å². The van der Waals surface area contributed by atoms with E-state index in [-0.39, 0.29) is 0 Å². The molecule has 1 saturated heterocycles. The van der Waals surface area contributed by atoms with E-state index in [2.05, 4.69) is 11.8 Å². The van der Waals surface area contributed by atoms with E-state index in [0.717, 1.165) is 31.3 Å². The van der Waals surface area contributed by atoms with Crippen LogP contribution in [0.1, 0.15) is 25.3 Å². The number of ether oxygens (including phenoxy) is 1. The Balaban J connectivity index is 1.73. The monoisotopic (exact) mass is 263 g/mol. The Hall–Kier alpha value is -1.06. The molecule has 0 aromatic heterocycles. The Kier molecular flexibility index (Phi) is 5.23. The highest BCUT2D eigenvalue weighted by molar-refractivity contribution is 5.27. The summed E-state index contributed by atoms with van der Waals surface area (Å²) in [5, 5.41) is 10.1. The number of rotatable bonds is 5. The van der Waals surface area contributed by atoms with Gasteiger partial charge in [0, 0.05) is 13.1 Å². The molecule has 0 aliphatic carbocycles. The first-order valence-corrected chi connectivity index (χ1v) is 7.23. The van der Waals surface area contributed by atoms with Gasteiger partial charge in [0.05, 0.1) is 0 Å². The second-order valence-corrected chi connectivity index (χ2v) is 5.79. The van der Waals surface area contributed by atoms with Crippen molar-refractivity contribution < 1.29 is 9.84 Å². The highest BCUT2D eigenvalue weighted by Gasteiger charge is 2.19. The quantitative estimate of drug-likeness (QED) is 0.886. The normalized spacial score (nSPS) is 22.2. The van der Waals surface area contributed by atoms with Gasteiger partial charge in [0.25, 0.3) is 0 Å². The van der Waals surface area contributed by atoms with Crippen LogP contribution in [0.4, 0.5) is 0 Å². The number of likely N-dealkylation sites (tertiary alicyclic amines) is 1. The average Bonchev–Trinajstić information content (AvgIpc) is 2.36. The predicted molar refractivity (Wildman–Crippen MR) is 77.5 cm³/mol. The molecule has 1 aromatic rings. The number of β-amino-alcohol motifs (C(OH)–C–C–N with tert-alkyl or cyclic N) is 1. The minimum Gasteiger partial charge on any atom is -0.491 e. The largest absolute Gasteiger partial charge is 0.491 e. The molecule has 1 aromatic carbocycles. The van der Waals surface area contributed by atoms with Crippen molar-refractivity contribution >= 4 is 0 Å². The summed E-state index contributed by atoms with van der Waals surface area (Å²) in [6.07, 6.45) is 2.14. The zero-order valence-corrected chi connectivity index (χ0v) is 12.0. The van der Waals surface area contributed by atoms with Crippen molar-refractivity contribution in [2.75, 3.05) is 26.2 Å². The molecule has 19 heavy (non-hydrogen) atoms. The first-order valence-electron chi connectivity index (χ1n) is 7.23. The summed E-state index contributed by atoms with van der Waals surface area (Å²) in [5.41, 5.74) is 1.18. The predicted octanol–water partition coefficient (Wildman–Crippen LogP) is 2.47. The zero-order valence-electron chi connectivity index (χ0n) is 12.0. The summed E-state index contributed by atoms with van der Waals surface area (Å²) in [7, 11) is 0. The maximum Gasteiger partial charge on any atom is 0.119 e. The van der Waals surface area contributed by atoms with Gasteiger partial charge in [0.2, 0.25) is 0 Å². The van der Waals surface area contributed by atoms with Crippen LogP contribution in [0.15, 0.2) is 24.3 Å². The maximum absolute atomic E-state index is 10.1. The molecule has 1 fully saturated rings. The molecule has 3 nitrogen and oxygen atoms in total. The third kappa shape index (κ3) is 4.84. The Bertz CT molecular complexity index is 394. The van der Waals surface area contributed by atoms with Gasteiger partial charge in [-0.1, -0.05) is 19.1 Å². The molecule has 0 amide bonds. The third-order valence-electron chi connectivity index (χ3n) is 3.64. The Morgan fingerprint density at radius 3 is 3.05 bits per heavy atom. The molecule has 1 N–H and O–H groups in total. The fourth-order valence-corrected chi connectivity index (χ4v) is 2.70. The van der Waals surface area contributed by atoms with E-state index in [1.54, 1.807) is 0 Å². The Labute approximate surface area is 116 Å². The number of nitrogens with zero attached hydrogens (tertiary/aromatic N) is 1. The van der Waals surface area contributed by atoms with Gasteiger partial charge in [0.15, 0.2) is 0 Å². The first-order chi connectivity index (χ1) is 9.13. The smallest absolute Gasteiger partial charge is 0.119 e. The van der Waals surface area contributed by atoms with Crippen molar-refractivity contribution in [1.82, 2.24) is 4.90 Å². The fraction of sp³-hybridized carbons (Fsp3) is 0.625. The second kappa shape index (κ2) is 6.92. The molecule has 2 atom stereocenters. The van der Waals surface area contributed by atoms with Crippen LogP contribution < -0.4 is 4.74 Å². The van der Waals surface area contributed by atoms with Crippen molar-refractivity contribution in [3.63, 3.8) is 0 Å². The van der Waals surface area contributed by atoms with E-state index < -0.39 is 6.10 Å². The van der Waals surface area contributed by atoms with Crippen molar-refractivity contribution in [2.24, 2.45) is 5.92 Å². The van der Waals surface area contributed by atoms with E-state index in [4.69, 9.17) is 4.74 Å². The lowest BCUT2D eigenvalue weighted by molar-refractivity contribution is 0.0537. The summed E-state index contributed by atoms with van der Waals surface area (Å²) < 4.78 is 5.64. The molecule has 0 saturated carbocycles. The maximum atomic E-state index is 10.1. The van der Waals surface area contributed by atoms with Crippen LogP contribution in [0.5, 0.6) is 5.75 Å². The molecule has 1 heterocycles. The van der Waals surface area contributed by atoms with Gasteiger partial charge in [-0.3, -0.25) is 0 Å². The summed E-state index contributed by atoms with van der Waals surface area (Å²) in [6, 6.07) is 7.94. The standard InChI is InChI=1S/C16H25NO2/c1-13-5-3-7-16(9-13)19-12-15(18)11-17-8-4-6-14(2)10-17/h3,5,7,9,14-15,18H,4,6,8,10-12H2,1-2H3. The number of hydrogen-bond acceptors (Lipinski definition) is 3. The lowest BCUT2D eigenvalue weighted by Gasteiger charge is -2.32. The van der Waals surface area contributed by atoms with Crippen molar-refractivity contribution in [1.29, 1.82) is 0 Å². The highest BCUT2D eigenvalue weighted by Crippen LogP contribution is 2.16. The van der Waals surface area contributed by atoms with E-state index in [0.29, 0.717) is 6.61 Å². The van der Waals surface area contributed by atoms with Crippen LogP contribution in [-0.4, -0.2) is 42.4 Å². The second-order valence-electron chi connectivity index (χ2n) is 5.79. The van der Waals surface area contributed by atoms with Gasteiger partial charge in [-0.25, -0.2) is 0 Å². The fourth-order valence-electron chi connectivity index (χ4n) is 2.70. The van der Waals surface area contributed by atoms with E-state index in [1.807, 2.05) is 31.2 Å². The molecule has 0 radical (unpaired) electrons. The third-order valence-corrected chi connectivity index (χ3v) is 3.64. The molecule has 1 aliphatic heterocycles. The summed E-state index contributed by atoms with van der Waals surface area (Å²) in [4.78, 5) is 2.35. The van der Waals surface area contributed by atoms with Gasteiger partial charge in [-0.15, -0.1) is 0 Å². The lowest BCUT2D eigenvalue weighted by Crippen LogP contribution is -2.41. The number of aryl methyl sites for hydroxylation is 1. The molecule has 2 unspecified atom stereocenters. The molecule has 0 bridgehead atoms. The van der Waals surface area contributed by atoms with E-state index in [1.165, 1.54) is 18.4 Å². The highest BCUT2D eigenvalue weighted by atomic mass is 16.5. The number of benzene rings is 1. The van der Waals surface area contributed by atoms with Crippen LogP contribution in [0.25, 0.3) is 0 Å².